The van der Waals surface area contributed by atoms with E-state index in [-0.39, 0.29) is 5.63 Å². The Morgan fingerprint density at radius 3 is 2.83 bits per heavy atom. The quantitative estimate of drug-likeness (QED) is 0.648. The van der Waals surface area contributed by atoms with Crippen LogP contribution >= 0.6 is 0 Å². The normalized spacial score (nSPS) is 11.1. The molecule has 0 aliphatic carbocycles. The van der Waals surface area contributed by atoms with E-state index in [1.54, 1.807) is 0 Å². The molecule has 18 heavy (non-hydrogen) atoms. The first-order chi connectivity index (χ1) is 8.66. The summed E-state index contributed by atoms with van der Waals surface area (Å²) in [5.74, 6) is 0. The highest BCUT2D eigenvalue weighted by Gasteiger charge is 2.03. The molecule has 0 atom stereocenters. The van der Waals surface area contributed by atoms with Crippen molar-refractivity contribution in [3.8, 4) is 0 Å². The molecule has 0 bridgehead atoms. The van der Waals surface area contributed by atoms with E-state index in [1.807, 2.05) is 38.4 Å². The summed E-state index contributed by atoms with van der Waals surface area (Å²) in [6.07, 6.45) is 1.03. The number of nitrogens with one attached hydrogen (secondary N) is 1. The molecule has 4 heteroatoms. The highest BCUT2D eigenvalue weighted by molar-refractivity contribution is 5.89. The van der Waals surface area contributed by atoms with Gasteiger partial charge in [-0.3, -0.25) is 0 Å². The van der Waals surface area contributed by atoms with E-state index in [9.17, 15) is 4.79 Å². The number of hydrogen-bond donors (Lipinski definition) is 1. The molecular weight excluding hydrogens is 228 g/mol. The Morgan fingerprint density at radius 2 is 2.06 bits per heavy atom. The minimum absolute atomic E-state index is 0.316. The van der Waals surface area contributed by atoms with Crippen molar-refractivity contribution in [1.82, 2.24) is 4.90 Å². The van der Waals surface area contributed by atoms with Crippen LogP contribution in [0.1, 0.15) is 6.42 Å². The molecule has 0 fully saturated rings. The van der Waals surface area contributed by atoms with Gasteiger partial charge in [0, 0.05) is 18.0 Å². The fraction of sp³-hybridized carbons (Fsp3) is 0.357. The summed E-state index contributed by atoms with van der Waals surface area (Å²) in [5, 5.41) is 4.24. The minimum Gasteiger partial charge on any atom is -0.423 e. The Kier molecular flexibility index (Phi) is 3.99. The number of fused-ring (bicyclic) bond motifs is 1. The van der Waals surface area contributed by atoms with Crippen LogP contribution in [-0.4, -0.2) is 32.1 Å². The zero-order valence-electron chi connectivity index (χ0n) is 10.8. The van der Waals surface area contributed by atoms with E-state index in [0.29, 0.717) is 5.58 Å². The third kappa shape index (κ3) is 3.11. The molecule has 1 aromatic carbocycles. The van der Waals surface area contributed by atoms with Crippen molar-refractivity contribution in [2.24, 2.45) is 0 Å². The lowest BCUT2D eigenvalue weighted by molar-refractivity contribution is 0.405. The van der Waals surface area contributed by atoms with Crippen molar-refractivity contribution in [2.75, 3.05) is 32.5 Å². The molecule has 0 aliphatic rings. The minimum atomic E-state index is -0.316. The first kappa shape index (κ1) is 12.6. The number of nitrogens with zero attached hydrogens (tertiary/aromatic N) is 1. The Morgan fingerprint density at radius 1 is 1.28 bits per heavy atom. The summed E-state index contributed by atoms with van der Waals surface area (Å²) in [6.45, 7) is 1.86. The van der Waals surface area contributed by atoms with Gasteiger partial charge in [-0.25, -0.2) is 4.79 Å². The summed E-state index contributed by atoms with van der Waals surface area (Å²) in [6, 6.07) is 9.07. The summed E-state index contributed by atoms with van der Waals surface area (Å²) >= 11 is 0. The molecule has 1 aromatic heterocycles. The van der Waals surface area contributed by atoms with Crippen LogP contribution in [0.3, 0.4) is 0 Å². The van der Waals surface area contributed by atoms with Crippen molar-refractivity contribution < 1.29 is 4.42 Å². The van der Waals surface area contributed by atoms with Crippen LogP contribution in [0.25, 0.3) is 11.0 Å². The molecule has 0 unspecified atom stereocenters. The molecule has 0 saturated carbocycles. The van der Waals surface area contributed by atoms with Gasteiger partial charge in [0.1, 0.15) is 5.58 Å². The lowest BCUT2D eigenvalue weighted by atomic mass is 10.2. The van der Waals surface area contributed by atoms with Crippen LogP contribution < -0.4 is 10.9 Å². The molecule has 0 saturated heterocycles. The maximum atomic E-state index is 11.4. The van der Waals surface area contributed by atoms with Crippen molar-refractivity contribution >= 4 is 16.7 Å². The number of rotatable bonds is 5. The average molecular weight is 246 g/mol. The predicted molar refractivity (Wildman–Crippen MR) is 74.1 cm³/mol. The van der Waals surface area contributed by atoms with Gasteiger partial charge in [-0.15, -0.1) is 0 Å². The highest BCUT2D eigenvalue weighted by atomic mass is 16.4. The topological polar surface area (TPSA) is 45.5 Å². The van der Waals surface area contributed by atoms with E-state index >= 15 is 0 Å². The van der Waals surface area contributed by atoms with Gasteiger partial charge >= 0.3 is 5.63 Å². The second-order valence-corrected chi connectivity index (χ2v) is 4.56. The van der Waals surface area contributed by atoms with Crippen LogP contribution in [0.5, 0.6) is 0 Å². The van der Waals surface area contributed by atoms with Crippen LogP contribution in [-0.2, 0) is 0 Å². The summed E-state index contributed by atoms with van der Waals surface area (Å²) in [4.78, 5) is 13.6. The molecule has 1 heterocycles. The molecule has 0 spiro atoms. The van der Waals surface area contributed by atoms with Gasteiger partial charge in [0.25, 0.3) is 0 Å². The lowest BCUT2D eigenvalue weighted by Crippen LogP contribution is -2.16. The van der Waals surface area contributed by atoms with E-state index in [0.717, 1.165) is 30.6 Å². The lowest BCUT2D eigenvalue weighted by Gasteiger charge is -2.11. The van der Waals surface area contributed by atoms with Crippen molar-refractivity contribution in [2.45, 2.75) is 6.42 Å². The summed E-state index contributed by atoms with van der Waals surface area (Å²) in [7, 11) is 4.10. The second kappa shape index (κ2) is 5.69. The second-order valence-electron chi connectivity index (χ2n) is 4.56. The molecule has 96 valence electrons. The van der Waals surface area contributed by atoms with Crippen molar-refractivity contribution in [3.05, 3.63) is 40.8 Å². The van der Waals surface area contributed by atoms with Crippen LogP contribution in [0.2, 0.25) is 0 Å². The van der Waals surface area contributed by atoms with E-state index < -0.39 is 0 Å². The zero-order valence-corrected chi connectivity index (χ0v) is 10.8. The van der Waals surface area contributed by atoms with Gasteiger partial charge in [0.2, 0.25) is 0 Å². The maximum absolute atomic E-state index is 11.4. The fourth-order valence-corrected chi connectivity index (χ4v) is 1.88. The van der Waals surface area contributed by atoms with E-state index in [2.05, 4.69) is 10.2 Å². The van der Waals surface area contributed by atoms with Crippen molar-refractivity contribution in [1.29, 1.82) is 0 Å². The van der Waals surface area contributed by atoms with E-state index in [4.69, 9.17) is 4.42 Å². The zero-order chi connectivity index (χ0) is 13.0. The molecular formula is C14H18N2O2. The summed E-state index contributed by atoms with van der Waals surface area (Å²) < 4.78 is 5.14. The maximum Gasteiger partial charge on any atom is 0.338 e. The third-order valence-electron chi connectivity index (χ3n) is 2.75. The fourth-order valence-electron chi connectivity index (χ4n) is 1.88. The van der Waals surface area contributed by atoms with Crippen molar-refractivity contribution in [3.63, 3.8) is 0 Å². The SMILES string of the molecule is CN(C)CCCNc1cc(=O)oc2ccccc12. The Labute approximate surface area is 106 Å². The van der Waals surface area contributed by atoms with Gasteiger partial charge in [0.15, 0.2) is 0 Å². The van der Waals surface area contributed by atoms with Gasteiger partial charge in [-0.05, 0) is 39.2 Å². The van der Waals surface area contributed by atoms with Crippen LogP contribution in [0.4, 0.5) is 5.69 Å². The Balaban J connectivity index is 2.14. The summed E-state index contributed by atoms with van der Waals surface area (Å²) in [5.41, 5.74) is 1.16. The number of benzene rings is 1. The third-order valence-corrected chi connectivity index (χ3v) is 2.75. The van der Waals surface area contributed by atoms with Crippen LogP contribution in [0.15, 0.2) is 39.5 Å². The van der Waals surface area contributed by atoms with Gasteiger partial charge < -0.3 is 14.6 Å². The van der Waals surface area contributed by atoms with Gasteiger partial charge in [-0.1, -0.05) is 12.1 Å². The number of anilines is 1. The van der Waals surface area contributed by atoms with Gasteiger partial charge in [0.05, 0.1) is 5.69 Å². The Bertz CT molecular complexity index is 575. The predicted octanol–water partition coefficient (Wildman–Crippen LogP) is 2.16. The first-order valence-electron chi connectivity index (χ1n) is 6.08. The molecule has 1 N–H and O–H groups in total. The standard InChI is InChI=1S/C14H18N2O2/c1-16(2)9-5-8-15-12-10-14(17)18-13-7-4-3-6-11(12)13/h3-4,6-7,10,15H,5,8-9H2,1-2H3. The molecule has 0 aliphatic heterocycles. The highest BCUT2D eigenvalue weighted by Crippen LogP contribution is 2.20. The Hall–Kier alpha value is -1.81. The average Bonchev–Trinajstić information content (AvgIpc) is 2.34. The van der Waals surface area contributed by atoms with Gasteiger partial charge in [-0.2, -0.15) is 0 Å². The molecule has 2 rings (SSSR count). The monoisotopic (exact) mass is 246 g/mol. The van der Waals surface area contributed by atoms with Crippen LogP contribution in [0, 0.1) is 0 Å². The first-order valence-corrected chi connectivity index (χ1v) is 6.08. The number of hydrogen-bond acceptors (Lipinski definition) is 4. The smallest absolute Gasteiger partial charge is 0.338 e. The largest absolute Gasteiger partial charge is 0.423 e. The number of para-hydroxylation sites is 1. The molecule has 0 amide bonds. The van der Waals surface area contributed by atoms with E-state index in [1.165, 1.54) is 6.07 Å². The molecule has 0 radical (unpaired) electrons. The molecule has 4 nitrogen and oxygen atoms in total. The molecule has 2 aromatic rings.